The molecule has 0 spiro atoms. The van der Waals surface area contributed by atoms with Crippen molar-refractivity contribution in [3.05, 3.63) is 59.2 Å². The van der Waals surface area contributed by atoms with Crippen LogP contribution in [-0.4, -0.2) is 35.7 Å². The van der Waals surface area contributed by atoms with Crippen molar-refractivity contribution < 1.29 is 14.4 Å². The van der Waals surface area contributed by atoms with Crippen LogP contribution in [0.2, 0.25) is 0 Å². The Morgan fingerprint density at radius 2 is 1.89 bits per heavy atom. The average Bonchev–Trinajstić information content (AvgIpc) is 3.00. The van der Waals surface area contributed by atoms with E-state index in [1.54, 1.807) is 11.0 Å². The van der Waals surface area contributed by atoms with Crippen molar-refractivity contribution in [1.82, 2.24) is 10.2 Å². The van der Waals surface area contributed by atoms with E-state index < -0.39 is 11.9 Å². The molecule has 1 fully saturated rings. The van der Waals surface area contributed by atoms with Gasteiger partial charge in [-0.05, 0) is 47.9 Å². The molecule has 0 saturated carbocycles. The third-order valence-electron chi connectivity index (χ3n) is 5.42. The van der Waals surface area contributed by atoms with E-state index in [1.807, 2.05) is 43.4 Å². The van der Waals surface area contributed by atoms with E-state index >= 15 is 0 Å². The third kappa shape index (κ3) is 3.19. The van der Waals surface area contributed by atoms with Crippen molar-refractivity contribution >= 4 is 29.1 Å². The Bertz CT molecular complexity index is 955. The number of piperidine rings is 1. The Morgan fingerprint density at radius 3 is 2.61 bits per heavy atom. The lowest BCUT2D eigenvalue weighted by molar-refractivity contribution is -0.136. The van der Waals surface area contributed by atoms with Gasteiger partial charge in [-0.3, -0.25) is 19.7 Å². The standard InChI is InChI=1S/C21H22N4O3/c1-24(15-7-5-14(22)6-8-15)11-13-3-2-4-16-17(13)12-25(21(16)28)18-9-10-19(26)23-20(18)27/h2-8,18H,9-12,22H2,1H3,(H,23,26,27). The molecule has 7 heteroatoms. The van der Waals surface area contributed by atoms with Crippen LogP contribution >= 0.6 is 0 Å². The SMILES string of the molecule is CN(Cc1cccc2c1CN(C1CCC(=O)NC1=O)C2=O)c1ccc(N)cc1. The molecule has 2 aliphatic rings. The average molecular weight is 378 g/mol. The van der Waals surface area contributed by atoms with E-state index in [-0.39, 0.29) is 18.2 Å². The first kappa shape index (κ1) is 18.0. The second-order valence-corrected chi connectivity index (χ2v) is 7.29. The van der Waals surface area contributed by atoms with Crippen molar-refractivity contribution in [2.24, 2.45) is 0 Å². The van der Waals surface area contributed by atoms with Crippen LogP contribution in [0.5, 0.6) is 0 Å². The Balaban J connectivity index is 1.56. The number of rotatable bonds is 4. The summed E-state index contributed by atoms with van der Waals surface area (Å²) in [5.41, 5.74) is 10.1. The highest BCUT2D eigenvalue weighted by Crippen LogP contribution is 2.31. The predicted molar refractivity (Wildman–Crippen MR) is 105 cm³/mol. The topological polar surface area (TPSA) is 95.7 Å². The Hall–Kier alpha value is -3.35. The minimum absolute atomic E-state index is 0.151. The molecule has 2 aliphatic heterocycles. The number of nitrogens with two attached hydrogens (primary N) is 1. The molecule has 2 heterocycles. The summed E-state index contributed by atoms with van der Waals surface area (Å²) in [5.74, 6) is -0.823. The van der Waals surface area contributed by atoms with Gasteiger partial charge in [-0.15, -0.1) is 0 Å². The van der Waals surface area contributed by atoms with Gasteiger partial charge in [0.2, 0.25) is 11.8 Å². The molecular formula is C21H22N4O3. The predicted octanol–water partition coefficient (Wildman–Crippen LogP) is 1.67. The molecule has 0 aromatic heterocycles. The summed E-state index contributed by atoms with van der Waals surface area (Å²) in [6.45, 7) is 1.01. The molecule has 7 nitrogen and oxygen atoms in total. The van der Waals surface area contributed by atoms with E-state index in [0.29, 0.717) is 30.8 Å². The lowest BCUT2D eigenvalue weighted by Crippen LogP contribution is -2.52. The van der Waals surface area contributed by atoms with Gasteiger partial charge in [-0.2, -0.15) is 0 Å². The van der Waals surface area contributed by atoms with Crippen molar-refractivity contribution in [3.63, 3.8) is 0 Å². The summed E-state index contributed by atoms with van der Waals surface area (Å²) < 4.78 is 0. The van der Waals surface area contributed by atoms with E-state index in [4.69, 9.17) is 5.73 Å². The molecule has 1 unspecified atom stereocenters. The molecule has 144 valence electrons. The summed E-state index contributed by atoms with van der Waals surface area (Å²) >= 11 is 0. The van der Waals surface area contributed by atoms with Crippen LogP contribution in [0.25, 0.3) is 0 Å². The maximum Gasteiger partial charge on any atom is 0.255 e. The van der Waals surface area contributed by atoms with Gasteiger partial charge in [0, 0.05) is 43.5 Å². The third-order valence-corrected chi connectivity index (χ3v) is 5.42. The Kier molecular flexibility index (Phi) is 4.50. The van der Waals surface area contributed by atoms with Gasteiger partial charge in [-0.25, -0.2) is 0 Å². The maximum atomic E-state index is 12.9. The molecule has 4 rings (SSSR count). The molecule has 0 aliphatic carbocycles. The van der Waals surface area contributed by atoms with E-state index in [2.05, 4.69) is 10.2 Å². The number of nitrogen functional groups attached to an aromatic ring is 1. The molecule has 28 heavy (non-hydrogen) atoms. The highest BCUT2D eigenvalue weighted by molar-refractivity contribution is 6.05. The molecule has 1 saturated heterocycles. The first-order chi connectivity index (χ1) is 13.4. The van der Waals surface area contributed by atoms with Gasteiger partial charge in [-0.1, -0.05) is 12.1 Å². The van der Waals surface area contributed by atoms with E-state index in [0.717, 1.165) is 16.8 Å². The van der Waals surface area contributed by atoms with Gasteiger partial charge in [0.1, 0.15) is 6.04 Å². The molecule has 0 bridgehead atoms. The smallest absolute Gasteiger partial charge is 0.255 e. The summed E-state index contributed by atoms with van der Waals surface area (Å²) in [6.07, 6.45) is 0.619. The number of imide groups is 1. The van der Waals surface area contributed by atoms with Gasteiger partial charge < -0.3 is 15.5 Å². The largest absolute Gasteiger partial charge is 0.399 e. The number of hydrogen-bond donors (Lipinski definition) is 2. The van der Waals surface area contributed by atoms with Crippen LogP contribution in [0.4, 0.5) is 11.4 Å². The van der Waals surface area contributed by atoms with Gasteiger partial charge in [0.25, 0.3) is 5.91 Å². The minimum Gasteiger partial charge on any atom is -0.399 e. The first-order valence-electron chi connectivity index (χ1n) is 9.26. The lowest BCUT2D eigenvalue weighted by Gasteiger charge is -2.29. The molecule has 3 amide bonds. The number of anilines is 2. The molecule has 0 radical (unpaired) electrons. The zero-order valence-corrected chi connectivity index (χ0v) is 15.6. The second-order valence-electron chi connectivity index (χ2n) is 7.29. The second kappa shape index (κ2) is 6.99. The Labute approximate surface area is 163 Å². The molecule has 2 aromatic carbocycles. The van der Waals surface area contributed by atoms with Crippen LogP contribution in [-0.2, 0) is 22.7 Å². The van der Waals surface area contributed by atoms with Crippen molar-refractivity contribution in [3.8, 4) is 0 Å². The van der Waals surface area contributed by atoms with Crippen LogP contribution in [0.1, 0.15) is 34.3 Å². The fourth-order valence-corrected chi connectivity index (χ4v) is 3.87. The number of nitrogens with one attached hydrogen (secondary N) is 1. The van der Waals surface area contributed by atoms with Gasteiger partial charge >= 0.3 is 0 Å². The quantitative estimate of drug-likeness (QED) is 0.623. The van der Waals surface area contributed by atoms with Crippen LogP contribution in [0.3, 0.4) is 0 Å². The van der Waals surface area contributed by atoms with Gasteiger partial charge in [0.05, 0.1) is 0 Å². The number of nitrogens with zero attached hydrogens (tertiary/aromatic N) is 2. The summed E-state index contributed by atoms with van der Waals surface area (Å²) in [7, 11) is 1.99. The van der Waals surface area contributed by atoms with Crippen LogP contribution in [0.15, 0.2) is 42.5 Å². The summed E-state index contributed by atoms with van der Waals surface area (Å²) in [4.78, 5) is 40.2. The number of hydrogen-bond acceptors (Lipinski definition) is 5. The van der Waals surface area contributed by atoms with Crippen LogP contribution in [0, 0.1) is 0 Å². The number of carbonyl (C=O) groups excluding carboxylic acids is 3. The monoisotopic (exact) mass is 378 g/mol. The molecular weight excluding hydrogens is 356 g/mol. The number of amides is 3. The highest BCUT2D eigenvalue weighted by Gasteiger charge is 2.39. The van der Waals surface area contributed by atoms with Gasteiger partial charge in [0.15, 0.2) is 0 Å². The number of carbonyl (C=O) groups is 3. The fraction of sp³-hybridized carbons (Fsp3) is 0.286. The Morgan fingerprint density at radius 1 is 1.14 bits per heavy atom. The van der Waals surface area contributed by atoms with E-state index in [1.165, 1.54) is 0 Å². The zero-order valence-electron chi connectivity index (χ0n) is 15.6. The minimum atomic E-state index is -0.597. The van der Waals surface area contributed by atoms with Crippen LogP contribution < -0.4 is 16.0 Å². The maximum absolute atomic E-state index is 12.9. The first-order valence-corrected chi connectivity index (χ1v) is 9.26. The van der Waals surface area contributed by atoms with Crippen molar-refractivity contribution in [2.45, 2.75) is 32.0 Å². The normalized spacial score (nSPS) is 18.8. The molecule has 1 atom stereocenters. The van der Waals surface area contributed by atoms with E-state index in [9.17, 15) is 14.4 Å². The summed E-state index contributed by atoms with van der Waals surface area (Å²) in [6, 6.07) is 12.7. The van der Waals surface area contributed by atoms with Crippen molar-refractivity contribution in [2.75, 3.05) is 17.7 Å². The number of benzene rings is 2. The molecule has 2 aromatic rings. The summed E-state index contributed by atoms with van der Waals surface area (Å²) in [5, 5.41) is 2.34. The number of fused-ring (bicyclic) bond motifs is 1. The lowest BCUT2D eigenvalue weighted by atomic mass is 10.0. The highest BCUT2D eigenvalue weighted by atomic mass is 16.2. The fourth-order valence-electron chi connectivity index (χ4n) is 3.87. The zero-order chi connectivity index (χ0) is 19.8. The molecule has 3 N–H and O–H groups in total. The van der Waals surface area contributed by atoms with Crippen molar-refractivity contribution in [1.29, 1.82) is 0 Å².